The second-order valence-electron chi connectivity index (χ2n) is 5.63. The maximum Gasteiger partial charge on any atom is 0.293 e. The Morgan fingerprint density at radius 2 is 2.08 bits per heavy atom. The van der Waals surface area contributed by atoms with E-state index in [0.717, 1.165) is 11.6 Å². The number of rotatable bonds is 2. The van der Waals surface area contributed by atoms with Crippen molar-refractivity contribution in [2.45, 2.75) is 19.5 Å². The average molecular weight is 325 g/mol. The van der Waals surface area contributed by atoms with Gasteiger partial charge in [0.15, 0.2) is 5.82 Å². The van der Waals surface area contributed by atoms with Crippen molar-refractivity contribution >= 4 is 5.91 Å². The highest BCUT2D eigenvalue weighted by Gasteiger charge is 2.32. The molecule has 0 saturated heterocycles. The molecular weight excluding hydrogens is 310 g/mol. The number of nitrogens with zero attached hydrogens (tertiary/aromatic N) is 4. The molecule has 1 amide bonds. The Kier molecular flexibility index (Phi) is 3.30. The molecule has 0 fully saturated rings. The van der Waals surface area contributed by atoms with Crippen molar-refractivity contribution in [1.82, 2.24) is 24.8 Å². The van der Waals surface area contributed by atoms with Gasteiger partial charge in [-0.2, -0.15) is 10.3 Å². The maximum atomic E-state index is 12.5. The molecule has 1 aromatic carbocycles. The van der Waals surface area contributed by atoms with E-state index in [1.807, 2.05) is 41.9 Å². The molecule has 0 saturated carbocycles. The van der Waals surface area contributed by atoms with E-state index < -0.39 is 5.56 Å². The molecule has 1 aliphatic rings. The molecule has 1 atom stereocenters. The van der Waals surface area contributed by atoms with Crippen LogP contribution in [0.25, 0.3) is 11.4 Å². The zero-order valence-corrected chi connectivity index (χ0v) is 13.0. The average Bonchev–Trinajstić information content (AvgIpc) is 3.22. The molecule has 1 N–H and O–H groups in total. The number of carbonyl (C=O) groups excluding carboxylic acids is 1. The van der Waals surface area contributed by atoms with E-state index in [9.17, 15) is 9.59 Å². The van der Waals surface area contributed by atoms with E-state index in [2.05, 4.69) is 15.2 Å². The van der Waals surface area contributed by atoms with Crippen LogP contribution < -0.4 is 5.56 Å². The van der Waals surface area contributed by atoms with E-state index in [1.54, 1.807) is 4.90 Å². The first-order chi connectivity index (χ1) is 11.6. The SMILES string of the molecule is C[C@H]1c2nc(-c3ccccc3)nn2CCN1C(=O)c1cc(=O)[nH]o1. The molecule has 8 heteroatoms. The Balaban J connectivity index is 1.65. The van der Waals surface area contributed by atoms with Gasteiger partial charge in [-0.15, -0.1) is 0 Å². The first-order valence-corrected chi connectivity index (χ1v) is 7.63. The zero-order valence-electron chi connectivity index (χ0n) is 13.0. The molecule has 0 spiro atoms. The van der Waals surface area contributed by atoms with Gasteiger partial charge in [0.05, 0.1) is 18.7 Å². The number of benzene rings is 1. The largest absolute Gasteiger partial charge is 0.373 e. The number of nitrogens with one attached hydrogen (secondary N) is 1. The minimum Gasteiger partial charge on any atom is -0.373 e. The first-order valence-electron chi connectivity index (χ1n) is 7.63. The molecule has 24 heavy (non-hydrogen) atoms. The number of carbonyl (C=O) groups is 1. The van der Waals surface area contributed by atoms with Crippen LogP contribution in [0, 0.1) is 0 Å². The first kappa shape index (κ1) is 14.4. The standard InChI is InChI=1S/C16H15N5O3/c1-10-15-17-14(11-5-3-2-4-6-11)18-21(15)8-7-20(10)16(23)12-9-13(22)19-24-12/h2-6,9-10H,7-8H2,1H3,(H,19,22)/t10-/m0/s1. The number of hydrogen-bond donors (Lipinski definition) is 1. The Morgan fingerprint density at radius 3 is 2.79 bits per heavy atom. The van der Waals surface area contributed by atoms with Crippen LogP contribution in [0.1, 0.15) is 29.3 Å². The van der Waals surface area contributed by atoms with E-state index in [1.165, 1.54) is 0 Å². The number of fused-ring (bicyclic) bond motifs is 1. The third kappa shape index (κ3) is 2.32. The summed E-state index contributed by atoms with van der Waals surface area (Å²) in [5.74, 6) is 1.02. The molecule has 2 aromatic heterocycles. The lowest BCUT2D eigenvalue weighted by Crippen LogP contribution is -2.41. The smallest absolute Gasteiger partial charge is 0.293 e. The van der Waals surface area contributed by atoms with Gasteiger partial charge in [-0.1, -0.05) is 30.3 Å². The summed E-state index contributed by atoms with van der Waals surface area (Å²) in [6.07, 6.45) is 0. The van der Waals surface area contributed by atoms with Crippen molar-refractivity contribution in [2.24, 2.45) is 0 Å². The number of H-pyrrole nitrogens is 1. The number of hydrogen-bond acceptors (Lipinski definition) is 5. The van der Waals surface area contributed by atoms with E-state index in [4.69, 9.17) is 4.52 Å². The Hall–Kier alpha value is -3.16. The van der Waals surface area contributed by atoms with Gasteiger partial charge < -0.3 is 9.42 Å². The highest BCUT2D eigenvalue weighted by atomic mass is 16.5. The second kappa shape index (κ2) is 5.48. The molecule has 0 aliphatic carbocycles. The fraction of sp³-hybridized carbons (Fsp3) is 0.250. The van der Waals surface area contributed by atoms with Crippen LogP contribution in [0.2, 0.25) is 0 Å². The number of aromatic nitrogens is 4. The van der Waals surface area contributed by atoms with Crippen molar-refractivity contribution in [3.63, 3.8) is 0 Å². The molecule has 4 rings (SSSR count). The lowest BCUT2D eigenvalue weighted by Gasteiger charge is -2.32. The fourth-order valence-electron chi connectivity index (χ4n) is 2.88. The fourth-order valence-corrected chi connectivity index (χ4v) is 2.88. The van der Waals surface area contributed by atoms with Gasteiger partial charge in [-0.3, -0.25) is 9.59 Å². The molecule has 3 heterocycles. The van der Waals surface area contributed by atoms with Crippen LogP contribution in [-0.4, -0.2) is 37.3 Å². The summed E-state index contributed by atoms with van der Waals surface area (Å²) in [4.78, 5) is 29.9. The zero-order chi connectivity index (χ0) is 16.7. The van der Waals surface area contributed by atoms with Crippen LogP contribution >= 0.6 is 0 Å². The van der Waals surface area contributed by atoms with Gasteiger partial charge >= 0.3 is 0 Å². The molecule has 1 aliphatic heterocycles. The summed E-state index contributed by atoms with van der Waals surface area (Å²) < 4.78 is 6.74. The lowest BCUT2D eigenvalue weighted by molar-refractivity contribution is 0.0588. The molecule has 0 bridgehead atoms. The highest BCUT2D eigenvalue weighted by molar-refractivity contribution is 5.91. The van der Waals surface area contributed by atoms with Crippen LogP contribution in [0.5, 0.6) is 0 Å². The summed E-state index contributed by atoms with van der Waals surface area (Å²) in [6.45, 7) is 2.90. The third-order valence-corrected chi connectivity index (χ3v) is 4.12. The van der Waals surface area contributed by atoms with Crippen molar-refractivity contribution in [3.8, 4) is 11.4 Å². The van der Waals surface area contributed by atoms with Crippen LogP contribution in [0.3, 0.4) is 0 Å². The van der Waals surface area contributed by atoms with E-state index in [-0.39, 0.29) is 17.7 Å². The van der Waals surface area contributed by atoms with Crippen molar-refractivity contribution in [1.29, 1.82) is 0 Å². The molecule has 3 aromatic rings. The van der Waals surface area contributed by atoms with E-state index >= 15 is 0 Å². The van der Waals surface area contributed by atoms with Crippen molar-refractivity contribution < 1.29 is 9.32 Å². The monoisotopic (exact) mass is 325 g/mol. The topological polar surface area (TPSA) is 97.0 Å². The molecule has 0 radical (unpaired) electrons. The summed E-state index contributed by atoms with van der Waals surface area (Å²) in [7, 11) is 0. The summed E-state index contributed by atoms with van der Waals surface area (Å²) in [5.41, 5.74) is 0.499. The van der Waals surface area contributed by atoms with Gasteiger partial charge in [0.2, 0.25) is 5.76 Å². The Labute approximate surface area is 136 Å². The minimum atomic E-state index is -0.433. The highest BCUT2D eigenvalue weighted by Crippen LogP contribution is 2.27. The van der Waals surface area contributed by atoms with Crippen LogP contribution in [-0.2, 0) is 6.54 Å². The quantitative estimate of drug-likeness (QED) is 0.769. The van der Waals surface area contributed by atoms with E-state index in [0.29, 0.717) is 24.7 Å². The van der Waals surface area contributed by atoms with Gasteiger partial charge in [-0.25, -0.2) is 9.67 Å². The van der Waals surface area contributed by atoms with Crippen LogP contribution in [0.15, 0.2) is 45.7 Å². The molecular formula is C16H15N5O3. The second-order valence-corrected chi connectivity index (χ2v) is 5.63. The Bertz CT molecular complexity index is 940. The lowest BCUT2D eigenvalue weighted by atomic mass is 10.2. The predicted octanol–water partition coefficient (Wildman–Crippen LogP) is 1.44. The minimum absolute atomic E-state index is 0.00287. The molecule has 0 unspecified atom stereocenters. The molecule has 8 nitrogen and oxygen atoms in total. The van der Waals surface area contributed by atoms with Crippen LogP contribution in [0.4, 0.5) is 0 Å². The summed E-state index contributed by atoms with van der Waals surface area (Å²) >= 11 is 0. The number of aromatic amines is 1. The Morgan fingerprint density at radius 1 is 1.29 bits per heavy atom. The van der Waals surface area contributed by atoms with Gasteiger partial charge in [0.1, 0.15) is 5.82 Å². The van der Waals surface area contributed by atoms with Crippen molar-refractivity contribution in [3.05, 3.63) is 58.3 Å². The summed E-state index contributed by atoms with van der Waals surface area (Å²) in [6, 6.07) is 10.6. The number of amides is 1. The van der Waals surface area contributed by atoms with Gasteiger partial charge in [0.25, 0.3) is 11.5 Å². The maximum absolute atomic E-state index is 12.5. The third-order valence-electron chi connectivity index (χ3n) is 4.12. The predicted molar refractivity (Wildman–Crippen MR) is 84.2 cm³/mol. The molecule has 122 valence electrons. The van der Waals surface area contributed by atoms with Gasteiger partial charge in [-0.05, 0) is 6.92 Å². The normalized spacial score (nSPS) is 16.9. The van der Waals surface area contributed by atoms with Crippen molar-refractivity contribution in [2.75, 3.05) is 6.54 Å². The van der Waals surface area contributed by atoms with Gasteiger partial charge in [0, 0.05) is 12.1 Å². The summed E-state index contributed by atoms with van der Waals surface area (Å²) in [5, 5.41) is 6.67.